The quantitative estimate of drug-likeness (QED) is 0.487. The van der Waals surface area contributed by atoms with Gasteiger partial charge in [0.1, 0.15) is 0 Å². The second-order valence-electron chi connectivity index (χ2n) is 7.54. The number of fused-ring (bicyclic) bond motifs is 1. The van der Waals surface area contributed by atoms with E-state index in [1.165, 1.54) is 5.56 Å². The summed E-state index contributed by atoms with van der Waals surface area (Å²) in [7, 11) is -0.0185. The van der Waals surface area contributed by atoms with Gasteiger partial charge in [0.25, 0.3) is 0 Å². The van der Waals surface area contributed by atoms with Gasteiger partial charge in [-0.1, -0.05) is 0 Å². The van der Waals surface area contributed by atoms with Gasteiger partial charge in [-0.15, -0.1) is 0 Å². The Morgan fingerprint density at radius 2 is 1.56 bits per heavy atom. The first-order valence-electron chi connectivity index (χ1n) is 8.39. The van der Waals surface area contributed by atoms with Crippen LogP contribution in [0.2, 0.25) is 0 Å². The van der Waals surface area contributed by atoms with E-state index in [9.17, 15) is 0 Å². The van der Waals surface area contributed by atoms with Crippen molar-refractivity contribution in [2.75, 3.05) is 13.3 Å². The van der Waals surface area contributed by atoms with Gasteiger partial charge < -0.3 is 24.8 Å². The van der Waals surface area contributed by atoms with Gasteiger partial charge in [0.15, 0.2) is 0 Å². The van der Waals surface area contributed by atoms with Crippen molar-refractivity contribution in [1.82, 2.24) is 0 Å². The first kappa shape index (κ1) is 23.2. The molecule has 0 nitrogen and oxygen atoms in total. The molecule has 0 saturated carbocycles. The summed E-state index contributed by atoms with van der Waals surface area (Å²) in [6.07, 6.45) is 2.50. The van der Waals surface area contributed by atoms with Crippen molar-refractivity contribution in [3.05, 3.63) is 61.3 Å². The van der Waals surface area contributed by atoms with Crippen LogP contribution in [0.4, 0.5) is 0 Å². The molecule has 0 fully saturated rings. The Morgan fingerprint density at radius 1 is 0.960 bits per heavy atom. The molecule has 3 rings (SSSR count). The molecular formula is C21H27Cl2PTi. The minimum atomic E-state index is -0.210. The third kappa shape index (κ3) is 3.90. The molecule has 0 heterocycles. The van der Waals surface area contributed by atoms with E-state index >= 15 is 0 Å². The largest absolute Gasteiger partial charge is 1.00 e. The predicted octanol–water partition coefficient (Wildman–Crippen LogP) is 0.564. The van der Waals surface area contributed by atoms with E-state index in [0.29, 0.717) is 4.22 Å². The summed E-state index contributed by atoms with van der Waals surface area (Å²) in [5.41, 5.74) is 8.05. The monoisotopic (exact) mass is 428 g/mol. The minimum Gasteiger partial charge on any atom is -1.00 e. The Kier molecular flexibility index (Phi) is 7.85. The van der Waals surface area contributed by atoms with Crippen molar-refractivity contribution in [3.8, 4) is 0 Å². The normalized spacial score (nSPS) is 20.8. The minimum absolute atomic E-state index is 0. The number of rotatable bonds is 3. The molecule has 134 valence electrons. The summed E-state index contributed by atoms with van der Waals surface area (Å²) < 4.78 is 2.48. The molecule has 0 amide bonds. The van der Waals surface area contributed by atoms with E-state index in [4.69, 9.17) is 0 Å². The molecule has 0 bridgehead atoms. The number of allylic oxidation sites excluding steroid dienone is 5. The van der Waals surface area contributed by atoms with Gasteiger partial charge in [-0.05, 0) is 0 Å². The van der Waals surface area contributed by atoms with E-state index < -0.39 is 0 Å². The number of hydrogen-bond donors (Lipinski definition) is 0. The number of hydrogen-bond acceptors (Lipinski definition) is 0. The molecule has 1 atom stereocenters. The average molecular weight is 429 g/mol. The molecule has 0 saturated heterocycles. The molecule has 1 aromatic rings. The third-order valence-corrected chi connectivity index (χ3v) is 11.0. The smallest absolute Gasteiger partial charge is 1.00 e. The van der Waals surface area contributed by atoms with E-state index in [1.807, 2.05) is 0 Å². The van der Waals surface area contributed by atoms with Gasteiger partial charge in [0.05, 0.1) is 0 Å². The van der Waals surface area contributed by atoms with Gasteiger partial charge in [-0.3, -0.25) is 0 Å². The van der Waals surface area contributed by atoms with Crippen molar-refractivity contribution in [2.45, 2.75) is 38.8 Å². The van der Waals surface area contributed by atoms with Crippen LogP contribution in [0.1, 0.15) is 50.0 Å². The van der Waals surface area contributed by atoms with Gasteiger partial charge in [0.2, 0.25) is 0 Å². The van der Waals surface area contributed by atoms with Gasteiger partial charge in [-0.25, -0.2) is 0 Å². The Bertz CT molecular complexity index is 757. The molecule has 0 aliphatic heterocycles. The number of halogens is 2. The second kappa shape index (κ2) is 8.45. The zero-order valence-corrected chi connectivity index (χ0v) is 20.1. The molecule has 0 radical (unpaired) electrons. The Balaban J connectivity index is 0.00000156. The molecule has 1 aromatic carbocycles. The fraction of sp³-hybridized carbons (Fsp3) is 0.429. The van der Waals surface area contributed by atoms with E-state index in [1.54, 1.807) is 31.5 Å². The molecule has 0 N–H and O–H groups in total. The van der Waals surface area contributed by atoms with Gasteiger partial charge in [-0.2, -0.15) is 0 Å². The molecule has 0 spiro atoms. The molecular weight excluding hydrogens is 402 g/mol. The summed E-state index contributed by atoms with van der Waals surface area (Å²) >= 11 is -0.210. The molecule has 2 aliphatic carbocycles. The van der Waals surface area contributed by atoms with Crippen LogP contribution in [-0.4, -0.2) is 13.3 Å². The Morgan fingerprint density at radius 3 is 2.08 bits per heavy atom. The molecule has 4 heteroatoms. The predicted molar refractivity (Wildman–Crippen MR) is 101 cm³/mol. The Labute approximate surface area is 176 Å². The number of benzene rings is 1. The summed E-state index contributed by atoms with van der Waals surface area (Å²) in [6, 6.07) is 9.08. The van der Waals surface area contributed by atoms with Crippen LogP contribution in [0, 0.1) is 5.41 Å². The zero-order valence-electron chi connectivity index (χ0n) is 16.2. The van der Waals surface area contributed by atoms with Crippen LogP contribution in [0.15, 0.2) is 50.2 Å². The van der Waals surface area contributed by atoms with E-state index in [-0.39, 0.29) is 57.3 Å². The molecule has 0 aromatic heterocycles. The molecule has 1 unspecified atom stereocenters. The topological polar surface area (TPSA) is 0 Å². The standard InChI is InChI=1S/C11H12P.C10H15.2ClH.Ti/c1-12(2)11-7-9-5-3-4-6-10(9)8-11;1-7-6-10(4,5)9(3)8(7)2;;;/h3-8H,1-2H3;1-5H3;2*1H;/q;;;;+2/p-2. The second-order valence-corrected chi connectivity index (χ2v) is 12.0. The van der Waals surface area contributed by atoms with Crippen molar-refractivity contribution in [1.29, 1.82) is 0 Å². The van der Waals surface area contributed by atoms with Crippen molar-refractivity contribution in [3.63, 3.8) is 0 Å². The summed E-state index contributed by atoms with van der Waals surface area (Å²) in [4.78, 5) is 0. The first-order chi connectivity index (χ1) is 10.7. The molecule has 2 aliphatic rings. The van der Waals surface area contributed by atoms with Gasteiger partial charge in [0, 0.05) is 0 Å². The van der Waals surface area contributed by atoms with Crippen LogP contribution in [0.5, 0.6) is 0 Å². The van der Waals surface area contributed by atoms with Crippen LogP contribution in [-0.2, 0) is 19.2 Å². The van der Waals surface area contributed by atoms with Crippen LogP contribution in [0.25, 0.3) is 6.08 Å². The maximum atomic E-state index is 2.50. The fourth-order valence-electron chi connectivity index (χ4n) is 3.87. The SMILES string of the molecule is CC1=C(C)C(C)(C)[C]([Ti+2][CH]2C(P(C)C)=Cc3ccccc32)=C1C.[Cl-].[Cl-]. The maximum Gasteiger partial charge on any atom is -1.00 e. The van der Waals surface area contributed by atoms with Crippen molar-refractivity contribution < 1.29 is 44.0 Å². The van der Waals surface area contributed by atoms with Gasteiger partial charge >= 0.3 is 152 Å². The maximum absolute atomic E-state index is 2.50. The van der Waals surface area contributed by atoms with Crippen LogP contribution in [0.3, 0.4) is 0 Å². The summed E-state index contributed by atoms with van der Waals surface area (Å²) in [5.74, 6) is 0. The molecule has 25 heavy (non-hydrogen) atoms. The first-order valence-corrected chi connectivity index (χ1v) is 12.3. The summed E-state index contributed by atoms with van der Waals surface area (Å²) in [5, 5.41) is 1.72. The fourth-order valence-corrected chi connectivity index (χ4v) is 9.35. The Hall–Kier alpha value is 0.164. The van der Waals surface area contributed by atoms with Crippen molar-refractivity contribution in [2.24, 2.45) is 5.41 Å². The van der Waals surface area contributed by atoms with Crippen LogP contribution < -0.4 is 24.8 Å². The van der Waals surface area contributed by atoms with Crippen molar-refractivity contribution >= 4 is 14.0 Å². The van der Waals surface area contributed by atoms with Crippen LogP contribution >= 0.6 is 7.92 Å². The van der Waals surface area contributed by atoms with E-state index in [0.717, 1.165) is 0 Å². The average Bonchev–Trinajstić information content (AvgIpc) is 2.94. The summed E-state index contributed by atoms with van der Waals surface area (Å²) in [6.45, 7) is 16.7. The third-order valence-electron chi connectivity index (χ3n) is 5.77. The zero-order chi connectivity index (χ0) is 16.9. The van der Waals surface area contributed by atoms with E-state index in [2.05, 4.69) is 78.3 Å².